The van der Waals surface area contributed by atoms with Gasteiger partial charge in [0.15, 0.2) is 0 Å². The topological polar surface area (TPSA) is 95.6 Å². The van der Waals surface area contributed by atoms with Gasteiger partial charge in [0, 0.05) is 12.2 Å². The van der Waals surface area contributed by atoms with Gasteiger partial charge in [-0.15, -0.1) is 0 Å². The number of amides is 2. The predicted octanol–water partition coefficient (Wildman–Crippen LogP) is -0.698. The van der Waals surface area contributed by atoms with Crippen molar-refractivity contribution in [3.05, 3.63) is 23.8 Å². The van der Waals surface area contributed by atoms with Gasteiger partial charge in [-0.25, -0.2) is 8.42 Å². The average molecular weight is 295 g/mol. The summed E-state index contributed by atoms with van der Waals surface area (Å²) in [5.74, 6) is -1.21. The molecule has 2 amide bonds. The summed E-state index contributed by atoms with van der Waals surface area (Å²) in [7, 11) is -3.84. The van der Waals surface area contributed by atoms with Gasteiger partial charge in [0.2, 0.25) is 21.8 Å². The van der Waals surface area contributed by atoms with Crippen molar-refractivity contribution in [2.45, 2.75) is 11.3 Å². The molecular weight excluding hydrogens is 282 g/mol. The van der Waals surface area contributed by atoms with Gasteiger partial charge < -0.3 is 5.32 Å². The molecular formula is C12H13N3O4S. The number of sulfonamides is 1. The zero-order chi connectivity index (χ0) is 14.3. The fourth-order valence-electron chi connectivity index (χ4n) is 2.36. The zero-order valence-electron chi connectivity index (χ0n) is 10.5. The molecule has 2 N–H and O–H groups in total. The van der Waals surface area contributed by atoms with E-state index < -0.39 is 21.8 Å². The number of hydrogen-bond acceptors (Lipinski definition) is 5. The number of fused-ring (bicyclic) bond motifs is 1. The van der Waals surface area contributed by atoms with Crippen molar-refractivity contribution >= 4 is 27.5 Å². The molecule has 0 aliphatic carbocycles. The van der Waals surface area contributed by atoms with E-state index in [2.05, 4.69) is 10.6 Å². The third-order valence-corrected chi connectivity index (χ3v) is 5.14. The van der Waals surface area contributed by atoms with Crippen LogP contribution in [-0.4, -0.2) is 44.2 Å². The molecule has 0 radical (unpaired) electrons. The third kappa shape index (κ3) is 2.16. The summed E-state index contributed by atoms with van der Waals surface area (Å²) in [6.07, 6.45) is 0.861. The Morgan fingerprint density at radius 3 is 2.50 bits per heavy atom. The molecule has 1 aromatic carbocycles. The first-order valence-corrected chi connectivity index (χ1v) is 7.60. The number of piperazine rings is 1. The number of anilines is 1. The third-order valence-electron chi connectivity index (χ3n) is 3.35. The van der Waals surface area contributed by atoms with Crippen molar-refractivity contribution in [2.75, 3.05) is 25.0 Å². The molecule has 3 rings (SSSR count). The van der Waals surface area contributed by atoms with Crippen LogP contribution < -0.4 is 10.6 Å². The molecule has 2 aliphatic rings. The first kappa shape index (κ1) is 13.1. The maximum Gasteiger partial charge on any atom is 0.244 e. The summed E-state index contributed by atoms with van der Waals surface area (Å²) in [5.41, 5.74) is 1.86. The van der Waals surface area contributed by atoms with Crippen molar-refractivity contribution in [3.8, 4) is 0 Å². The Hall–Kier alpha value is -1.93. The molecule has 0 atom stereocenters. The summed E-state index contributed by atoms with van der Waals surface area (Å²) < 4.78 is 25.8. The Morgan fingerprint density at radius 2 is 1.80 bits per heavy atom. The van der Waals surface area contributed by atoms with Gasteiger partial charge in [0.25, 0.3) is 0 Å². The Morgan fingerprint density at radius 1 is 1.10 bits per heavy atom. The van der Waals surface area contributed by atoms with Crippen LogP contribution >= 0.6 is 0 Å². The Bertz CT molecular complexity index is 683. The molecule has 0 unspecified atom stereocenters. The van der Waals surface area contributed by atoms with Crippen molar-refractivity contribution in [2.24, 2.45) is 0 Å². The van der Waals surface area contributed by atoms with E-state index in [4.69, 9.17) is 0 Å². The highest BCUT2D eigenvalue weighted by molar-refractivity contribution is 7.89. The van der Waals surface area contributed by atoms with Crippen molar-refractivity contribution in [1.82, 2.24) is 9.62 Å². The predicted molar refractivity (Wildman–Crippen MR) is 70.5 cm³/mol. The summed E-state index contributed by atoms with van der Waals surface area (Å²) in [4.78, 5) is 22.7. The Labute approximate surface area is 116 Å². The van der Waals surface area contributed by atoms with E-state index in [1.54, 1.807) is 12.1 Å². The van der Waals surface area contributed by atoms with E-state index in [9.17, 15) is 18.0 Å². The minimum atomic E-state index is -3.84. The summed E-state index contributed by atoms with van der Waals surface area (Å²) in [5, 5.41) is 5.18. The first-order valence-electron chi connectivity index (χ1n) is 6.16. The van der Waals surface area contributed by atoms with Gasteiger partial charge >= 0.3 is 0 Å². The van der Waals surface area contributed by atoms with Gasteiger partial charge in [-0.3, -0.25) is 14.9 Å². The molecule has 7 nitrogen and oxygen atoms in total. The van der Waals surface area contributed by atoms with Gasteiger partial charge in [-0.2, -0.15) is 4.31 Å². The molecule has 106 valence electrons. The number of nitrogens with zero attached hydrogens (tertiary/aromatic N) is 1. The lowest BCUT2D eigenvalue weighted by Gasteiger charge is -2.24. The molecule has 1 aromatic rings. The zero-order valence-corrected chi connectivity index (χ0v) is 11.4. The van der Waals surface area contributed by atoms with Gasteiger partial charge in [-0.1, -0.05) is 6.07 Å². The van der Waals surface area contributed by atoms with Gasteiger partial charge in [0.05, 0.1) is 18.0 Å². The Balaban J connectivity index is 1.95. The minimum Gasteiger partial charge on any atom is -0.384 e. The summed E-state index contributed by atoms with van der Waals surface area (Å²) >= 11 is 0. The molecule has 1 saturated heterocycles. The molecule has 2 aliphatic heterocycles. The highest BCUT2D eigenvalue weighted by Gasteiger charge is 2.33. The van der Waals surface area contributed by atoms with Crippen LogP contribution in [0.25, 0.3) is 0 Å². The number of benzene rings is 1. The van der Waals surface area contributed by atoms with E-state index in [0.29, 0.717) is 0 Å². The smallest absolute Gasteiger partial charge is 0.244 e. The lowest BCUT2D eigenvalue weighted by atomic mass is 10.2. The molecule has 0 spiro atoms. The lowest BCUT2D eigenvalue weighted by molar-refractivity contribution is -0.134. The second-order valence-electron chi connectivity index (χ2n) is 4.74. The molecule has 0 aromatic heterocycles. The van der Waals surface area contributed by atoms with Crippen LogP contribution in [0.1, 0.15) is 5.56 Å². The van der Waals surface area contributed by atoms with E-state index in [0.717, 1.165) is 28.5 Å². The second kappa shape index (κ2) is 4.57. The van der Waals surface area contributed by atoms with Crippen LogP contribution in [-0.2, 0) is 26.0 Å². The fraction of sp³-hybridized carbons (Fsp3) is 0.333. The molecule has 20 heavy (non-hydrogen) atoms. The van der Waals surface area contributed by atoms with Crippen LogP contribution in [0.15, 0.2) is 23.1 Å². The SMILES string of the molecule is O=C1CN(S(=O)(=O)c2ccc3c(c2)NCC3)CC(=O)N1. The van der Waals surface area contributed by atoms with Gasteiger partial charge in [-0.05, 0) is 24.1 Å². The average Bonchev–Trinajstić information content (AvgIpc) is 2.84. The number of carbonyl (C=O) groups excluding carboxylic acids is 2. The van der Waals surface area contributed by atoms with Crippen LogP contribution in [0.5, 0.6) is 0 Å². The molecule has 2 heterocycles. The fourth-order valence-corrected chi connectivity index (χ4v) is 3.74. The molecule has 1 fully saturated rings. The van der Waals surface area contributed by atoms with Gasteiger partial charge in [0.1, 0.15) is 0 Å². The number of nitrogens with one attached hydrogen (secondary N) is 2. The van der Waals surface area contributed by atoms with E-state index in [1.165, 1.54) is 6.07 Å². The Kier molecular flexibility index (Phi) is 2.98. The largest absolute Gasteiger partial charge is 0.384 e. The number of imide groups is 1. The normalized spacial score (nSPS) is 19.4. The molecule has 8 heteroatoms. The van der Waals surface area contributed by atoms with Crippen LogP contribution in [0, 0.1) is 0 Å². The first-order chi connectivity index (χ1) is 9.46. The summed E-state index contributed by atoms with van der Waals surface area (Å²) in [6, 6.07) is 4.82. The maximum absolute atomic E-state index is 12.4. The standard InChI is InChI=1S/C12H13N3O4S/c16-11-6-15(7-12(17)14-11)20(18,19)9-2-1-8-3-4-13-10(8)5-9/h1-2,5,13H,3-4,6-7H2,(H,14,16,17). The monoisotopic (exact) mass is 295 g/mol. The van der Waals surface area contributed by atoms with Crippen LogP contribution in [0.2, 0.25) is 0 Å². The number of carbonyl (C=O) groups is 2. The van der Waals surface area contributed by atoms with Crippen LogP contribution in [0.3, 0.4) is 0 Å². The van der Waals surface area contributed by atoms with E-state index in [-0.39, 0.29) is 18.0 Å². The summed E-state index contributed by atoms with van der Waals surface area (Å²) in [6.45, 7) is 0.112. The quantitative estimate of drug-likeness (QED) is 0.704. The van der Waals surface area contributed by atoms with Crippen molar-refractivity contribution in [1.29, 1.82) is 0 Å². The minimum absolute atomic E-state index is 0.0909. The maximum atomic E-state index is 12.4. The molecule has 0 bridgehead atoms. The van der Waals surface area contributed by atoms with Crippen molar-refractivity contribution < 1.29 is 18.0 Å². The number of rotatable bonds is 2. The van der Waals surface area contributed by atoms with Crippen molar-refractivity contribution in [3.63, 3.8) is 0 Å². The van der Waals surface area contributed by atoms with E-state index >= 15 is 0 Å². The highest BCUT2D eigenvalue weighted by atomic mass is 32.2. The van der Waals surface area contributed by atoms with Crippen LogP contribution in [0.4, 0.5) is 5.69 Å². The second-order valence-corrected chi connectivity index (χ2v) is 6.68. The van der Waals surface area contributed by atoms with E-state index in [1.807, 2.05) is 0 Å². The number of hydrogen-bond donors (Lipinski definition) is 2. The lowest BCUT2D eigenvalue weighted by Crippen LogP contribution is -2.53. The molecule has 0 saturated carbocycles. The highest BCUT2D eigenvalue weighted by Crippen LogP contribution is 2.27.